The van der Waals surface area contributed by atoms with Gasteiger partial charge in [0.15, 0.2) is 0 Å². The second-order valence-electron chi connectivity index (χ2n) is 4.39. The van der Waals surface area contributed by atoms with Gasteiger partial charge in [-0.3, -0.25) is 0 Å². The van der Waals surface area contributed by atoms with Crippen LogP contribution in [-0.4, -0.2) is 4.98 Å². The number of benzene rings is 2. The average Bonchev–Trinajstić information content (AvgIpc) is 2.86. The zero-order chi connectivity index (χ0) is 11.2. The molecule has 0 bridgehead atoms. The number of aromatic nitrogens is 1. The summed E-state index contributed by atoms with van der Waals surface area (Å²) in [5.41, 5.74) is 3.80. The summed E-state index contributed by atoms with van der Waals surface area (Å²) < 4.78 is 0. The van der Waals surface area contributed by atoms with E-state index in [0.29, 0.717) is 0 Å². The predicted octanol–water partition coefficient (Wildman–Crippen LogP) is 4.43. The Kier molecular flexibility index (Phi) is 1.61. The van der Waals surface area contributed by atoms with Crippen molar-refractivity contribution in [2.45, 2.75) is 0 Å². The number of H-pyrrole nitrogens is 1. The molecule has 0 aromatic heterocycles. The maximum absolute atomic E-state index is 3.37. The second kappa shape index (κ2) is 3.11. The van der Waals surface area contributed by atoms with E-state index < -0.39 is 0 Å². The number of pyridine rings is 1. The van der Waals surface area contributed by atoms with Crippen LogP contribution in [0.2, 0.25) is 0 Å². The van der Waals surface area contributed by atoms with Gasteiger partial charge < -0.3 is 4.98 Å². The van der Waals surface area contributed by atoms with Crippen molar-refractivity contribution in [2.24, 2.45) is 0 Å². The monoisotopic (exact) mass is 217 g/mol. The van der Waals surface area contributed by atoms with Gasteiger partial charge in [-0.15, -0.1) is 0 Å². The number of rotatable bonds is 0. The average molecular weight is 217 g/mol. The molecule has 1 N–H and O–H groups in total. The van der Waals surface area contributed by atoms with Crippen LogP contribution in [0.1, 0.15) is 0 Å². The summed E-state index contributed by atoms with van der Waals surface area (Å²) in [4.78, 5) is 3.37. The summed E-state index contributed by atoms with van der Waals surface area (Å²) in [6, 6.07) is 19.3. The van der Waals surface area contributed by atoms with Crippen LogP contribution in [0.25, 0.3) is 32.8 Å². The minimum Gasteiger partial charge on any atom is -0.361 e. The lowest BCUT2D eigenvalue weighted by atomic mass is 9.99. The highest BCUT2D eigenvalue weighted by molar-refractivity contribution is 6.13. The molecule has 17 heavy (non-hydrogen) atoms. The first kappa shape index (κ1) is 8.82. The summed E-state index contributed by atoms with van der Waals surface area (Å²) >= 11 is 0. The van der Waals surface area contributed by atoms with Crippen molar-refractivity contribution in [2.75, 3.05) is 0 Å². The summed E-state index contributed by atoms with van der Waals surface area (Å²) in [6.07, 6.45) is 2.08. The maximum atomic E-state index is 3.37. The van der Waals surface area contributed by atoms with Gasteiger partial charge in [0.1, 0.15) is 0 Å². The fourth-order valence-electron chi connectivity index (χ4n) is 2.63. The van der Waals surface area contributed by atoms with Gasteiger partial charge in [-0.2, -0.15) is 0 Å². The van der Waals surface area contributed by atoms with Crippen molar-refractivity contribution in [1.82, 2.24) is 4.98 Å². The van der Waals surface area contributed by atoms with Crippen molar-refractivity contribution in [1.29, 1.82) is 0 Å². The lowest BCUT2D eigenvalue weighted by Gasteiger charge is -2.09. The Morgan fingerprint density at radius 2 is 1.71 bits per heavy atom. The molecule has 0 fully saturated rings. The minimum atomic E-state index is 1.20. The van der Waals surface area contributed by atoms with E-state index in [1.165, 1.54) is 32.8 Å². The molecule has 0 saturated heterocycles. The van der Waals surface area contributed by atoms with Gasteiger partial charge in [0.25, 0.3) is 0 Å². The van der Waals surface area contributed by atoms with Crippen LogP contribution in [0.15, 0.2) is 60.8 Å². The third-order valence-corrected chi connectivity index (χ3v) is 3.43. The second-order valence-corrected chi connectivity index (χ2v) is 4.39. The molecule has 0 spiro atoms. The molecule has 2 aromatic carbocycles. The first-order valence-corrected chi connectivity index (χ1v) is 5.81. The van der Waals surface area contributed by atoms with Crippen LogP contribution in [0.3, 0.4) is 0 Å². The number of aromatic amines is 1. The Balaban J connectivity index is 2.35. The molecular weight excluding hydrogens is 206 g/mol. The highest BCUT2D eigenvalue weighted by atomic mass is 14.7. The first-order chi connectivity index (χ1) is 8.43. The van der Waals surface area contributed by atoms with Crippen LogP contribution < -0.4 is 0 Å². The van der Waals surface area contributed by atoms with Gasteiger partial charge >= 0.3 is 0 Å². The normalized spacial score (nSPS) is 11.5. The molecule has 0 unspecified atom stereocenters. The summed E-state index contributed by atoms with van der Waals surface area (Å²) in [5, 5.41) is 3.94. The zero-order valence-electron chi connectivity index (χ0n) is 9.27. The fraction of sp³-hybridized carbons (Fsp3) is 0. The molecule has 0 amide bonds. The van der Waals surface area contributed by atoms with Crippen molar-refractivity contribution in [3.05, 3.63) is 60.8 Å². The summed E-state index contributed by atoms with van der Waals surface area (Å²) in [5.74, 6) is 0. The van der Waals surface area contributed by atoms with E-state index in [1.807, 2.05) is 0 Å². The van der Waals surface area contributed by atoms with Crippen LogP contribution >= 0.6 is 0 Å². The molecule has 1 heteroatoms. The fourth-order valence-corrected chi connectivity index (χ4v) is 2.63. The Hall–Kier alpha value is -2.28. The molecule has 2 aliphatic rings. The summed E-state index contributed by atoms with van der Waals surface area (Å²) in [6.45, 7) is 0. The molecule has 1 nitrogen and oxygen atoms in total. The highest BCUT2D eigenvalue weighted by Crippen LogP contribution is 2.34. The number of fused-ring (bicyclic) bond motifs is 5. The maximum Gasteiger partial charge on any atom is 0.0466 e. The van der Waals surface area contributed by atoms with Gasteiger partial charge in [0, 0.05) is 17.1 Å². The molecule has 0 radical (unpaired) electrons. The smallest absolute Gasteiger partial charge is 0.0466 e. The van der Waals surface area contributed by atoms with Crippen molar-refractivity contribution in [3.8, 4) is 11.1 Å². The minimum absolute atomic E-state index is 1.20. The van der Waals surface area contributed by atoms with E-state index in [2.05, 4.69) is 65.8 Å². The summed E-state index contributed by atoms with van der Waals surface area (Å²) in [7, 11) is 0. The Morgan fingerprint density at radius 1 is 0.765 bits per heavy atom. The van der Waals surface area contributed by atoms with E-state index in [-0.39, 0.29) is 0 Å². The third-order valence-electron chi connectivity index (χ3n) is 3.43. The van der Waals surface area contributed by atoms with Crippen LogP contribution in [0.4, 0.5) is 0 Å². The zero-order valence-corrected chi connectivity index (χ0v) is 9.27. The standard InChI is InChI=1S/C16H11N/c1-2-6-13-11(4-1)8-9-15-16(13)14-7-3-5-12(14)10-17-15/h1-10,17H. The van der Waals surface area contributed by atoms with Crippen LogP contribution in [-0.2, 0) is 0 Å². The number of nitrogens with one attached hydrogen (secondary N) is 1. The molecule has 0 atom stereocenters. The SMILES string of the molecule is c1cc2c[nH]c3ccc4ccccc4c3c-2c1. The van der Waals surface area contributed by atoms with Crippen LogP contribution in [0, 0.1) is 0 Å². The van der Waals surface area contributed by atoms with E-state index in [4.69, 9.17) is 0 Å². The lowest BCUT2D eigenvalue weighted by Crippen LogP contribution is -1.85. The number of hydrogen-bond acceptors (Lipinski definition) is 0. The van der Waals surface area contributed by atoms with Gasteiger partial charge in [0.05, 0.1) is 0 Å². The van der Waals surface area contributed by atoms with Crippen molar-refractivity contribution in [3.63, 3.8) is 0 Å². The topological polar surface area (TPSA) is 15.8 Å². The van der Waals surface area contributed by atoms with Gasteiger partial charge in [-0.25, -0.2) is 0 Å². The molecule has 80 valence electrons. The van der Waals surface area contributed by atoms with E-state index >= 15 is 0 Å². The Labute approximate surface area is 99.0 Å². The highest BCUT2D eigenvalue weighted by Gasteiger charge is 2.09. The largest absolute Gasteiger partial charge is 0.361 e. The van der Waals surface area contributed by atoms with Gasteiger partial charge in [-0.05, 0) is 28.0 Å². The quantitative estimate of drug-likeness (QED) is 0.419. The van der Waals surface area contributed by atoms with E-state index in [0.717, 1.165) is 0 Å². The molecule has 1 aliphatic heterocycles. The molecular formula is C16H11N. The Bertz CT molecular complexity index is 795. The molecule has 2 aromatic rings. The van der Waals surface area contributed by atoms with Crippen LogP contribution in [0.5, 0.6) is 0 Å². The molecule has 1 heterocycles. The van der Waals surface area contributed by atoms with E-state index in [1.54, 1.807) is 0 Å². The first-order valence-electron chi connectivity index (χ1n) is 5.81. The molecule has 1 aliphatic carbocycles. The van der Waals surface area contributed by atoms with Gasteiger partial charge in [-0.1, -0.05) is 48.5 Å². The number of hydrogen-bond donors (Lipinski definition) is 1. The van der Waals surface area contributed by atoms with E-state index in [9.17, 15) is 0 Å². The van der Waals surface area contributed by atoms with Crippen molar-refractivity contribution >= 4 is 21.7 Å². The molecule has 0 saturated carbocycles. The van der Waals surface area contributed by atoms with Gasteiger partial charge in [0.2, 0.25) is 0 Å². The lowest BCUT2D eigenvalue weighted by molar-refractivity contribution is 1.42. The third kappa shape index (κ3) is 1.14. The Morgan fingerprint density at radius 3 is 2.71 bits per heavy atom. The predicted molar refractivity (Wildman–Crippen MR) is 72.4 cm³/mol. The van der Waals surface area contributed by atoms with Crippen molar-refractivity contribution < 1.29 is 0 Å². The molecule has 4 rings (SSSR count).